The molecule has 3 nitrogen and oxygen atoms in total. The molecule has 0 bridgehead atoms. The minimum absolute atomic E-state index is 0.0918. The van der Waals surface area contributed by atoms with E-state index >= 15 is 0 Å². The van der Waals surface area contributed by atoms with Gasteiger partial charge < -0.3 is 10.5 Å². The first kappa shape index (κ1) is 9.50. The number of benzene rings is 1. The Balaban J connectivity index is 2.65. The number of nitrogens with zero attached hydrogens (tertiary/aromatic N) is 1. The number of ether oxygens (including phenoxy) is 1. The molecule has 0 aromatic heterocycles. The third-order valence-electron chi connectivity index (χ3n) is 2.32. The third-order valence-corrected chi connectivity index (χ3v) is 2.98. The zero-order valence-electron chi connectivity index (χ0n) is 7.46. The van der Waals surface area contributed by atoms with Crippen LogP contribution in [-0.4, -0.2) is 6.61 Å². The molecule has 1 atom stereocenters. The Morgan fingerprint density at radius 3 is 3.07 bits per heavy atom. The van der Waals surface area contributed by atoms with Crippen molar-refractivity contribution in [2.24, 2.45) is 5.73 Å². The van der Waals surface area contributed by atoms with Crippen LogP contribution in [0.5, 0.6) is 5.75 Å². The van der Waals surface area contributed by atoms with Crippen LogP contribution in [0, 0.1) is 11.3 Å². The van der Waals surface area contributed by atoms with Gasteiger partial charge in [0, 0.05) is 22.5 Å². The van der Waals surface area contributed by atoms with Gasteiger partial charge in [-0.25, -0.2) is 0 Å². The van der Waals surface area contributed by atoms with Crippen LogP contribution in [0.15, 0.2) is 16.6 Å². The van der Waals surface area contributed by atoms with Gasteiger partial charge in [-0.3, -0.25) is 0 Å². The Kier molecular flexibility index (Phi) is 2.44. The SMILES string of the molecule is N#Cc1c(Br)ccc2c1[C@@H](N)CCO2. The van der Waals surface area contributed by atoms with Gasteiger partial charge in [0.05, 0.1) is 12.2 Å². The molecule has 2 rings (SSSR count). The van der Waals surface area contributed by atoms with Gasteiger partial charge in [0.2, 0.25) is 0 Å². The number of nitrogens with two attached hydrogens (primary N) is 1. The summed E-state index contributed by atoms with van der Waals surface area (Å²) in [5.74, 6) is 0.739. The number of rotatable bonds is 0. The summed E-state index contributed by atoms with van der Waals surface area (Å²) in [5.41, 5.74) is 7.36. The second-order valence-electron chi connectivity index (χ2n) is 3.19. The van der Waals surface area contributed by atoms with E-state index in [1.807, 2.05) is 12.1 Å². The van der Waals surface area contributed by atoms with Crippen molar-refractivity contribution in [1.29, 1.82) is 5.26 Å². The highest BCUT2D eigenvalue weighted by molar-refractivity contribution is 9.10. The van der Waals surface area contributed by atoms with Crippen molar-refractivity contribution in [2.45, 2.75) is 12.5 Å². The number of hydrogen-bond acceptors (Lipinski definition) is 3. The Labute approximate surface area is 90.6 Å². The van der Waals surface area contributed by atoms with Gasteiger partial charge in [0.25, 0.3) is 0 Å². The maximum Gasteiger partial charge on any atom is 0.125 e. The highest BCUT2D eigenvalue weighted by Gasteiger charge is 2.22. The van der Waals surface area contributed by atoms with Crippen molar-refractivity contribution >= 4 is 15.9 Å². The average Bonchev–Trinajstić information content (AvgIpc) is 2.19. The smallest absolute Gasteiger partial charge is 0.125 e. The van der Waals surface area contributed by atoms with E-state index in [0.29, 0.717) is 12.2 Å². The molecule has 0 unspecified atom stereocenters. The van der Waals surface area contributed by atoms with Crippen molar-refractivity contribution in [1.82, 2.24) is 0 Å². The molecule has 0 spiro atoms. The molecule has 0 radical (unpaired) electrons. The number of fused-ring (bicyclic) bond motifs is 1. The quantitative estimate of drug-likeness (QED) is 0.770. The van der Waals surface area contributed by atoms with Gasteiger partial charge in [-0.2, -0.15) is 5.26 Å². The van der Waals surface area contributed by atoms with Gasteiger partial charge in [0.15, 0.2) is 0 Å². The molecule has 0 fully saturated rings. The molecule has 0 aliphatic carbocycles. The first-order valence-corrected chi connectivity index (χ1v) is 5.14. The summed E-state index contributed by atoms with van der Waals surface area (Å²) in [5, 5.41) is 9.00. The molecule has 72 valence electrons. The summed E-state index contributed by atoms with van der Waals surface area (Å²) in [6.07, 6.45) is 0.762. The Morgan fingerprint density at radius 2 is 2.36 bits per heavy atom. The number of halogens is 1. The molecule has 1 aromatic rings. The summed E-state index contributed by atoms with van der Waals surface area (Å²) < 4.78 is 6.22. The summed E-state index contributed by atoms with van der Waals surface area (Å²) in [4.78, 5) is 0. The third kappa shape index (κ3) is 1.39. The lowest BCUT2D eigenvalue weighted by Gasteiger charge is -2.24. The predicted octanol–water partition coefficient (Wildman–Crippen LogP) is 2.10. The van der Waals surface area contributed by atoms with Crippen LogP contribution in [0.25, 0.3) is 0 Å². The lowest BCUT2D eigenvalue weighted by atomic mass is 9.96. The Morgan fingerprint density at radius 1 is 1.57 bits per heavy atom. The maximum absolute atomic E-state index is 9.00. The van der Waals surface area contributed by atoms with E-state index in [9.17, 15) is 0 Å². The van der Waals surface area contributed by atoms with Crippen molar-refractivity contribution in [3.63, 3.8) is 0 Å². The molecule has 1 heterocycles. The topological polar surface area (TPSA) is 59.0 Å². The van der Waals surface area contributed by atoms with E-state index in [1.165, 1.54) is 0 Å². The summed E-state index contributed by atoms with van der Waals surface area (Å²) >= 11 is 3.33. The second-order valence-corrected chi connectivity index (χ2v) is 4.04. The van der Waals surface area contributed by atoms with E-state index in [2.05, 4.69) is 22.0 Å². The average molecular weight is 253 g/mol. The number of hydrogen-bond donors (Lipinski definition) is 1. The molecule has 1 aliphatic heterocycles. The molecule has 2 N–H and O–H groups in total. The van der Waals surface area contributed by atoms with Crippen molar-refractivity contribution in [3.05, 3.63) is 27.7 Å². The molecule has 0 amide bonds. The van der Waals surface area contributed by atoms with Crippen molar-refractivity contribution < 1.29 is 4.74 Å². The van der Waals surface area contributed by atoms with Crippen molar-refractivity contribution in [2.75, 3.05) is 6.61 Å². The van der Waals surface area contributed by atoms with E-state index < -0.39 is 0 Å². The molecule has 1 aromatic carbocycles. The van der Waals surface area contributed by atoms with Crippen LogP contribution in [-0.2, 0) is 0 Å². The Hall–Kier alpha value is -1.05. The second kappa shape index (κ2) is 3.60. The van der Waals surface area contributed by atoms with Gasteiger partial charge in [-0.05, 0) is 28.1 Å². The highest BCUT2D eigenvalue weighted by atomic mass is 79.9. The molecule has 0 saturated heterocycles. The fourth-order valence-corrected chi connectivity index (χ4v) is 2.06. The highest BCUT2D eigenvalue weighted by Crippen LogP contribution is 2.36. The number of nitriles is 1. The zero-order chi connectivity index (χ0) is 10.1. The van der Waals surface area contributed by atoms with E-state index in [-0.39, 0.29) is 6.04 Å². The summed E-state index contributed by atoms with van der Waals surface area (Å²) in [6, 6.07) is 5.72. The van der Waals surface area contributed by atoms with Crippen LogP contribution in [0.3, 0.4) is 0 Å². The maximum atomic E-state index is 9.00. The first-order valence-electron chi connectivity index (χ1n) is 4.35. The van der Waals surface area contributed by atoms with Gasteiger partial charge in [-0.15, -0.1) is 0 Å². The predicted molar refractivity (Wildman–Crippen MR) is 55.9 cm³/mol. The fourth-order valence-electron chi connectivity index (χ4n) is 1.62. The lowest BCUT2D eigenvalue weighted by molar-refractivity contribution is 0.268. The fraction of sp³-hybridized carbons (Fsp3) is 0.300. The first-order chi connectivity index (χ1) is 6.74. The van der Waals surface area contributed by atoms with Gasteiger partial charge in [-0.1, -0.05) is 0 Å². The summed E-state index contributed by atoms with van der Waals surface area (Å²) in [7, 11) is 0. The lowest BCUT2D eigenvalue weighted by Crippen LogP contribution is -2.21. The van der Waals surface area contributed by atoms with Crippen LogP contribution >= 0.6 is 15.9 Å². The monoisotopic (exact) mass is 252 g/mol. The molecule has 14 heavy (non-hydrogen) atoms. The van der Waals surface area contributed by atoms with E-state index in [4.69, 9.17) is 15.7 Å². The van der Waals surface area contributed by atoms with Crippen molar-refractivity contribution in [3.8, 4) is 11.8 Å². The molecular formula is C10H9BrN2O. The minimum Gasteiger partial charge on any atom is -0.493 e. The zero-order valence-corrected chi connectivity index (χ0v) is 9.04. The Bertz CT molecular complexity index is 411. The molecular weight excluding hydrogens is 244 g/mol. The van der Waals surface area contributed by atoms with E-state index in [0.717, 1.165) is 22.2 Å². The summed E-state index contributed by atoms with van der Waals surface area (Å²) in [6.45, 7) is 0.626. The molecule has 0 saturated carbocycles. The normalized spacial score (nSPS) is 19.4. The molecule has 4 heteroatoms. The molecule has 1 aliphatic rings. The largest absolute Gasteiger partial charge is 0.493 e. The van der Waals surface area contributed by atoms with Crippen LogP contribution < -0.4 is 10.5 Å². The van der Waals surface area contributed by atoms with Crippen LogP contribution in [0.4, 0.5) is 0 Å². The minimum atomic E-state index is -0.0918. The van der Waals surface area contributed by atoms with Gasteiger partial charge in [0.1, 0.15) is 11.8 Å². The standard InChI is InChI=1S/C10H9BrN2O/c11-7-1-2-9-10(6(7)5-12)8(13)3-4-14-9/h1-2,8H,3-4,13H2/t8-/m0/s1. The van der Waals surface area contributed by atoms with Crippen LogP contribution in [0.1, 0.15) is 23.6 Å². The van der Waals surface area contributed by atoms with Gasteiger partial charge >= 0.3 is 0 Å². The van der Waals surface area contributed by atoms with Crippen LogP contribution in [0.2, 0.25) is 0 Å². The van der Waals surface area contributed by atoms with E-state index in [1.54, 1.807) is 0 Å².